The summed E-state index contributed by atoms with van der Waals surface area (Å²) < 4.78 is 0. The number of nitrogens with two attached hydrogens (primary N) is 1. The summed E-state index contributed by atoms with van der Waals surface area (Å²) in [6.07, 6.45) is 0. The molecule has 6 nitrogen and oxygen atoms in total. The van der Waals surface area contributed by atoms with Crippen LogP contribution >= 0.6 is 0 Å². The molecule has 1 atom stereocenters. The molecule has 17 heavy (non-hydrogen) atoms. The van der Waals surface area contributed by atoms with Crippen molar-refractivity contribution in [2.75, 3.05) is 6.54 Å². The first kappa shape index (κ1) is 13.1. The number of nitro groups is 1. The number of carbonyl (C=O) groups excluding carboxylic acids is 1. The van der Waals surface area contributed by atoms with Crippen LogP contribution < -0.4 is 11.1 Å². The number of hydrogen-bond acceptors (Lipinski definition) is 4. The Bertz CT molecular complexity index is 420. The topological polar surface area (TPSA) is 98.3 Å². The predicted molar refractivity (Wildman–Crippen MR) is 63.2 cm³/mol. The van der Waals surface area contributed by atoms with Gasteiger partial charge in [0.05, 0.1) is 4.92 Å². The van der Waals surface area contributed by atoms with Gasteiger partial charge in [-0.05, 0) is 5.56 Å². The molecule has 6 heteroatoms. The minimum absolute atomic E-state index is 0.0172. The molecule has 0 fully saturated rings. The molecule has 1 unspecified atom stereocenters. The molecule has 3 N–H and O–H groups in total. The lowest BCUT2D eigenvalue weighted by atomic mass is 10.1. The third kappa shape index (κ3) is 3.84. The van der Waals surface area contributed by atoms with E-state index < -0.39 is 4.92 Å². The highest BCUT2D eigenvalue weighted by atomic mass is 16.6. The zero-order valence-electron chi connectivity index (χ0n) is 9.55. The minimum atomic E-state index is -0.464. The van der Waals surface area contributed by atoms with Crippen molar-refractivity contribution in [3.8, 4) is 0 Å². The van der Waals surface area contributed by atoms with Crippen LogP contribution in [0.15, 0.2) is 24.3 Å². The van der Waals surface area contributed by atoms with E-state index in [4.69, 9.17) is 5.73 Å². The first-order valence-corrected chi connectivity index (χ1v) is 5.25. The molecule has 0 aromatic heterocycles. The number of benzene rings is 1. The highest BCUT2D eigenvalue weighted by molar-refractivity contribution is 5.78. The number of amides is 1. The Morgan fingerprint density at radius 2 is 2.29 bits per heavy atom. The Hall–Kier alpha value is -1.95. The molecule has 0 radical (unpaired) electrons. The first-order valence-electron chi connectivity index (χ1n) is 5.25. The van der Waals surface area contributed by atoms with Crippen molar-refractivity contribution in [3.05, 3.63) is 39.9 Å². The maximum atomic E-state index is 11.4. The quantitative estimate of drug-likeness (QED) is 0.584. The van der Waals surface area contributed by atoms with Crippen molar-refractivity contribution >= 4 is 11.6 Å². The van der Waals surface area contributed by atoms with Gasteiger partial charge in [0.1, 0.15) is 0 Å². The molecule has 0 aliphatic rings. The van der Waals surface area contributed by atoms with Crippen LogP contribution in [0.25, 0.3) is 0 Å². The van der Waals surface area contributed by atoms with E-state index in [0.717, 1.165) is 0 Å². The van der Waals surface area contributed by atoms with Crippen LogP contribution in [0.3, 0.4) is 0 Å². The number of nitrogens with zero attached hydrogens (tertiary/aromatic N) is 1. The molecular formula is C11H15N3O3. The van der Waals surface area contributed by atoms with E-state index in [1.165, 1.54) is 12.1 Å². The van der Waals surface area contributed by atoms with E-state index in [2.05, 4.69) is 5.32 Å². The van der Waals surface area contributed by atoms with E-state index in [9.17, 15) is 14.9 Å². The van der Waals surface area contributed by atoms with Crippen LogP contribution in [-0.2, 0) is 11.3 Å². The summed E-state index contributed by atoms with van der Waals surface area (Å²) in [6.45, 7) is 2.27. The van der Waals surface area contributed by atoms with E-state index in [-0.39, 0.29) is 30.6 Å². The molecular weight excluding hydrogens is 222 g/mol. The molecule has 0 spiro atoms. The molecule has 1 rings (SSSR count). The Labute approximate surface area is 99.0 Å². The van der Waals surface area contributed by atoms with E-state index >= 15 is 0 Å². The zero-order chi connectivity index (χ0) is 12.8. The average molecular weight is 237 g/mol. The Morgan fingerprint density at radius 1 is 1.59 bits per heavy atom. The van der Waals surface area contributed by atoms with Gasteiger partial charge in [-0.15, -0.1) is 0 Å². The van der Waals surface area contributed by atoms with Gasteiger partial charge < -0.3 is 11.1 Å². The van der Waals surface area contributed by atoms with E-state index in [0.29, 0.717) is 5.56 Å². The van der Waals surface area contributed by atoms with Crippen LogP contribution in [0.2, 0.25) is 0 Å². The summed E-state index contributed by atoms with van der Waals surface area (Å²) in [5.41, 5.74) is 6.06. The normalized spacial score (nSPS) is 11.9. The summed E-state index contributed by atoms with van der Waals surface area (Å²) in [4.78, 5) is 21.5. The Morgan fingerprint density at radius 3 is 2.88 bits per heavy atom. The van der Waals surface area contributed by atoms with Crippen molar-refractivity contribution in [2.24, 2.45) is 11.7 Å². The second-order valence-corrected chi connectivity index (χ2v) is 3.78. The van der Waals surface area contributed by atoms with Crippen molar-refractivity contribution < 1.29 is 9.72 Å². The summed E-state index contributed by atoms with van der Waals surface area (Å²) in [5, 5.41) is 13.2. The molecule has 0 bridgehead atoms. The molecule has 0 saturated carbocycles. The highest BCUT2D eigenvalue weighted by Gasteiger charge is 2.11. The van der Waals surface area contributed by atoms with Crippen LogP contribution in [0.4, 0.5) is 5.69 Å². The molecule has 1 aromatic carbocycles. The lowest BCUT2D eigenvalue weighted by molar-refractivity contribution is -0.384. The fourth-order valence-electron chi connectivity index (χ4n) is 1.25. The van der Waals surface area contributed by atoms with Crippen LogP contribution in [0.5, 0.6) is 0 Å². The molecule has 0 aliphatic carbocycles. The maximum Gasteiger partial charge on any atom is 0.269 e. The Kier molecular flexibility index (Phi) is 4.59. The Balaban J connectivity index is 2.60. The number of rotatable bonds is 5. The lowest BCUT2D eigenvalue weighted by Crippen LogP contribution is -2.32. The predicted octanol–water partition coefficient (Wildman–Crippen LogP) is 0.806. The average Bonchev–Trinajstić information content (AvgIpc) is 2.35. The van der Waals surface area contributed by atoms with Gasteiger partial charge in [-0.2, -0.15) is 0 Å². The number of non-ortho nitro benzene ring substituents is 1. The van der Waals surface area contributed by atoms with Gasteiger partial charge in [-0.3, -0.25) is 14.9 Å². The summed E-state index contributed by atoms with van der Waals surface area (Å²) in [6, 6.07) is 6.16. The molecule has 0 saturated heterocycles. The fourth-order valence-corrected chi connectivity index (χ4v) is 1.25. The van der Waals surface area contributed by atoms with Crippen molar-refractivity contribution in [1.82, 2.24) is 5.32 Å². The minimum Gasteiger partial charge on any atom is -0.352 e. The zero-order valence-corrected chi connectivity index (χ0v) is 9.55. The summed E-state index contributed by atoms with van der Waals surface area (Å²) in [7, 11) is 0. The van der Waals surface area contributed by atoms with Crippen LogP contribution in [0.1, 0.15) is 12.5 Å². The van der Waals surface area contributed by atoms with Crippen LogP contribution in [-0.4, -0.2) is 17.4 Å². The van der Waals surface area contributed by atoms with Gasteiger partial charge in [0, 0.05) is 31.1 Å². The van der Waals surface area contributed by atoms with Crippen molar-refractivity contribution in [1.29, 1.82) is 0 Å². The van der Waals surface area contributed by atoms with Crippen LogP contribution in [0, 0.1) is 16.0 Å². The maximum absolute atomic E-state index is 11.4. The van der Waals surface area contributed by atoms with E-state index in [1.807, 2.05) is 0 Å². The highest BCUT2D eigenvalue weighted by Crippen LogP contribution is 2.12. The van der Waals surface area contributed by atoms with Crippen molar-refractivity contribution in [3.63, 3.8) is 0 Å². The van der Waals surface area contributed by atoms with Gasteiger partial charge in [-0.1, -0.05) is 19.1 Å². The first-order chi connectivity index (χ1) is 8.04. The number of nitrogens with one attached hydrogen (secondary N) is 1. The molecule has 1 aromatic rings. The summed E-state index contributed by atoms with van der Waals surface area (Å²) >= 11 is 0. The van der Waals surface area contributed by atoms with Gasteiger partial charge in [0.15, 0.2) is 0 Å². The standard InChI is InChI=1S/C11H15N3O3/c1-8(6-12)11(15)13-7-9-3-2-4-10(5-9)14(16)17/h2-5,8H,6-7,12H2,1H3,(H,13,15). The monoisotopic (exact) mass is 237 g/mol. The number of nitro benzene ring substituents is 1. The smallest absolute Gasteiger partial charge is 0.269 e. The number of carbonyl (C=O) groups is 1. The third-order valence-electron chi connectivity index (χ3n) is 2.39. The van der Waals surface area contributed by atoms with Crippen molar-refractivity contribution in [2.45, 2.75) is 13.5 Å². The second-order valence-electron chi connectivity index (χ2n) is 3.78. The second kappa shape index (κ2) is 5.95. The molecule has 1 amide bonds. The summed E-state index contributed by atoms with van der Waals surface area (Å²) in [5.74, 6) is -0.410. The third-order valence-corrected chi connectivity index (χ3v) is 2.39. The largest absolute Gasteiger partial charge is 0.352 e. The van der Waals surface area contributed by atoms with Gasteiger partial charge >= 0.3 is 0 Å². The molecule has 0 heterocycles. The molecule has 92 valence electrons. The van der Waals surface area contributed by atoms with Gasteiger partial charge in [-0.25, -0.2) is 0 Å². The molecule has 0 aliphatic heterocycles. The number of hydrogen-bond donors (Lipinski definition) is 2. The lowest BCUT2D eigenvalue weighted by Gasteiger charge is -2.09. The SMILES string of the molecule is CC(CN)C(=O)NCc1cccc([N+](=O)[O-])c1. The van der Waals surface area contributed by atoms with Gasteiger partial charge in [0.2, 0.25) is 5.91 Å². The van der Waals surface area contributed by atoms with E-state index in [1.54, 1.807) is 19.1 Å². The fraction of sp³-hybridized carbons (Fsp3) is 0.364. The van der Waals surface area contributed by atoms with Gasteiger partial charge in [0.25, 0.3) is 5.69 Å².